The molecule has 0 fully saturated rings. The van der Waals surface area contributed by atoms with E-state index in [1.54, 1.807) is 0 Å². The summed E-state index contributed by atoms with van der Waals surface area (Å²) in [6, 6.07) is 3.36. The smallest absolute Gasteiger partial charge is 0.317 e. The summed E-state index contributed by atoms with van der Waals surface area (Å²) in [5, 5.41) is 21.3. The maximum atomic E-state index is 10.8. The van der Waals surface area contributed by atoms with Gasteiger partial charge in [-0.2, -0.15) is 0 Å². The normalized spacial score (nSPS) is 10.4. The van der Waals surface area contributed by atoms with E-state index in [0.29, 0.717) is 12.5 Å². The number of nitro benzene ring substituents is 2. The van der Waals surface area contributed by atoms with E-state index in [4.69, 9.17) is 4.74 Å². The van der Waals surface area contributed by atoms with Crippen LogP contribution in [0.15, 0.2) is 18.2 Å². The second-order valence-corrected chi connectivity index (χ2v) is 4.20. The van der Waals surface area contributed by atoms with Crippen LogP contribution in [0.3, 0.4) is 0 Å². The van der Waals surface area contributed by atoms with E-state index in [1.165, 1.54) is 12.1 Å². The quantitative estimate of drug-likeness (QED) is 0.574. The van der Waals surface area contributed by atoms with Gasteiger partial charge in [-0.1, -0.05) is 13.8 Å². The van der Waals surface area contributed by atoms with Gasteiger partial charge in [0.05, 0.1) is 22.5 Å². The molecule has 0 aliphatic rings. The molecule has 0 saturated carbocycles. The zero-order chi connectivity index (χ0) is 13.7. The first-order valence-corrected chi connectivity index (χ1v) is 5.47. The van der Waals surface area contributed by atoms with Crippen molar-refractivity contribution in [2.75, 3.05) is 6.61 Å². The van der Waals surface area contributed by atoms with Crippen LogP contribution >= 0.6 is 0 Å². The fraction of sp³-hybridized carbons (Fsp3) is 0.455. The van der Waals surface area contributed by atoms with Gasteiger partial charge in [-0.05, 0) is 18.4 Å². The highest BCUT2D eigenvalue weighted by Gasteiger charge is 2.20. The zero-order valence-corrected chi connectivity index (χ0v) is 10.2. The lowest BCUT2D eigenvalue weighted by Crippen LogP contribution is -2.04. The molecule has 0 saturated heterocycles. The van der Waals surface area contributed by atoms with Crippen LogP contribution in [0.25, 0.3) is 0 Å². The molecule has 0 spiro atoms. The van der Waals surface area contributed by atoms with E-state index in [0.717, 1.165) is 12.5 Å². The van der Waals surface area contributed by atoms with Crippen LogP contribution in [0.2, 0.25) is 0 Å². The Kier molecular flexibility index (Phi) is 4.59. The number of nitro groups is 2. The number of non-ortho nitro benzene ring substituents is 1. The van der Waals surface area contributed by atoms with Crippen molar-refractivity contribution in [3.05, 3.63) is 38.4 Å². The summed E-state index contributed by atoms with van der Waals surface area (Å²) < 4.78 is 5.28. The van der Waals surface area contributed by atoms with E-state index in [1.807, 2.05) is 13.8 Å². The average Bonchev–Trinajstić information content (AvgIpc) is 2.28. The van der Waals surface area contributed by atoms with Crippen molar-refractivity contribution in [2.24, 2.45) is 5.92 Å². The fourth-order valence-electron chi connectivity index (χ4n) is 1.29. The molecule has 7 nitrogen and oxygen atoms in total. The van der Waals surface area contributed by atoms with Gasteiger partial charge in [0.25, 0.3) is 5.69 Å². The minimum atomic E-state index is -0.683. The molecular formula is C11H14N2O5. The van der Waals surface area contributed by atoms with E-state index >= 15 is 0 Å². The van der Waals surface area contributed by atoms with Crippen LogP contribution in [-0.4, -0.2) is 16.5 Å². The van der Waals surface area contributed by atoms with Crippen LogP contribution in [-0.2, 0) is 0 Å². The summed E-state index contributed by atoms with van der Waals surface area (Å²) >= 11 is 0. The van der Waals surface area contributed by atoms with Crippen LogP contribution in [0.4, 0.5) is 11.4 Å². The van der Waals surface area contributed by atoms with Crippen molar-refractivity contribution >= 4 is 11.4 Å². The summed E-state index contributed by atoms with van der Waals surface area (Å²) in [7, 11) is 0. The Labute approximate surface area is 104 Å². The standard InChI is InChI=1S/C11H14N2O5/c1-8(2)5-6-18-11-4-3-9(12(14)15)7-10(11)13(16)17/h3-4,7-8H,5-6H2,1-2H3. The fourth-order valence-corrected chi connectivity index (χ4v) is 1.29. The van der Waals surface area contributed by atoms with Gasteiger partial charge in [-0.3, -0.25) is 20.2 Å². The van der Waals surface area contributed by atoms with Gasteiger partial charge < -0.3 is 4.74 Å². The first kappa shape index (κ1) is 13.9. The number of nitrogens with zero attached hydrogens (tertiary/aromatic N) is 2. The molecule has 1 aromatic carbocycles. The van der Waals surface area contributed by atoms with Crippen molar-refractivity contribution in [1.29, 1.82) is 0 Å². The lowest BCUT2D eigenvalue weighted by atomic mass is 10.1. The minimum Gasteiger partial charge on any atom is -0.487 e. The topological polar surface area (TPSA) is 95.5 Å². The lowest BCUT2D eigenvalue weighted by molar-refractivity contribution is -0.394. The Bertz CT molecular complexity index is 459. The van der Waals surface area contributed by atoms with Crippen molar-refractivity contribution in [1.82, 2.24) is 0 Å². The molecule has 0 aromatic heterocycles. The number of hydrogen-bond acceptors (Lipinski definition) is 5. The van der Waals surface area contributed by atoms with Gasteiger partial charge in [0, 0.05) is 6.07 Å². The highest BCUT2D eigenvalue weighted by Crippen LogP contribution is 2.31. The van der Waals surface area contributed by atoms with Crippen LogP contribution in [0.5, 0.6) is 5.75 Å². The second kappa shape index (κ2) is 5.95. The lowest BCUT2D eigenvalue weighted by Gasteiger charge is -2.08. The Balaban J connectivity index is 2.90. The number of hydrogen-bond donors (Lipinski definition) is 0. The molecule has 0 aliphatic heterocycles. The van der Waals surface area contributed by atoms with E-state index < -0.39 is 9.85 Å². The monoisotopic (exact) mass is 254 g/mol. The number of ether oxygens (including phenoxy) is 1. The second-order valence-electron chi connectivity index (χ2n) is 4.20. The maximum Gasteiger partial charge on any atom is 0.317 e. The third-order valence-corrected chi connectivity index (χ3v) is 2.30. The molecule has 0 unspecified atom stereocenters. The molecule has 0 atom stereocenters. The van der Waals surface area contributed by atoms with Gasteiger partial charge in [0.1, 0.15) is 0 Å². The predicted molar refractivity (Wildman–Crippen MR) is 64.7 cm³/mol. The summed E-state index contributed by atoms with van der Waals surface area (Å²) in [6.45, 7) is 4.36. The Morgan fingerprint density at radius 1 is 1.22 bits per heavy atom. The summed E-state index contributed by atoms with van der Waals surface area (Å²) in [4.78, 5) is 20.0. The van der Waals surface area contributed by atoms with Gasteiger partial charge >= 0.3 is 5.69 Å². The SMILES string of the molecule is CC(C)CCOc1ccc([N+](=O)[O-])cc1[N+](=O)[O-]. The van der Waals surface area contributed by atoms with Gasteiger partial charge in [0.15, 0.2) is 5.75 Å². The minimum absolute atomic E-state index is 0.0613. The highest BCUT2D eigenvalue weighted by molar-refractivity contribution is 5.53. The van der Waals surface area contributed by atoms with E-state index in [9.17, 15) is 20.2 Å². The Morgan fingerprint density at radius 2 is 1.89 bits per heavy atom. The van der Waals surface area contributed by atoms with Gasteiger partial charge in [-0.15, -0.1) is 0 Å². The molecule has 0 heterocycles. The summed E-state index contributed by atoms with van der Waals surface area (Å²) in [5.74, 6) is 0.480. The molecule has 7 heteroatoms. The largest absolute Gasteiger partial charge is 0.487 e. The third kappa shape index (κ3) is 3.69. The third-order valence-electron chi connectivity index (χ3n) is 2.30. The first-order chi connectivity index (χ1) is 8.41. The molecular weight excluding hydrogens is 240 g/mol. The molecule has 0 bridgehead atoms. The Hall–Kier alpha value is -2.18. The molecule has 0 aliphatic carbocycles. The summed E-state index contributed by atoms with van der Waals surface area (Å²) in [6.07, 6.45) is 0.758. The van der Waals surface area contributed by atoms with Crippen LogP contribution < -0.4 is 4.74 Å². The van der Waals surface area contributed by atoms with Crippen molar-refractivity contribution < 1.29 is 14.6 Å². The molecule has 1 aromatic rings. The highest BCUT2D eigenvalue weighted by atomic mass is 16.6. The predicted octanol–water partition coefficient (Wildman–Crippen LogP) is 2.93. The zero-order valence-electron chi connectivity index (χ0n) is 10.2. The number of rotatable bonds is 6. The van der Waals surface area contributed by atoms with E-state index in [-0.39, 0.29) is 17.1 Å². The van der Waals surface area contributed by atoms with Gasteiger partial charge in [-0.25, -0.2) is 0 Å². The maximum absolute atomic E-state index is 10.8. The molecule has 0 radical (unpaired) electrons. The van der Waals surface area contributed by atoms with Crippen molar-refractivity contribution in [3.8, 4) is 5.75 Å². The average molecular weight is 254 g/mol. The van der Waals surface area contributed by atoms with Crippen molar-refractivity contribution in [2.45, 2.75) is 20.3 Å². The molecule has 0 amide bonds. The van der Waals surface area contributed by atoms with Crippen molar-refractivity contribution in [3.63, 3.8) is 0 Å². The molecule has 98 valence electrons. The van der Waals surface area contributed by atoms with E-state index in [2.05, 4.69) is 0 Å². The molecule has 1 rings (SSSR count). The molecule has 18 heavy (non-hydrogen) atoms. The van der Waals surface area contributed by atoms with Gasteiger partial charge in [0.2, 0.25) is 0 Å². The first-order valence-electron chi connectivity index (χ1n) is 5.47. The Morgan fingerprint density at radius 3 is 2.39 bits per heavy atom. The van der Waals surface area contributed by atoms with Crippen LogP contribution in [0, 0.1) is 26.1 Å². The number of benzene rings is 1. The summed E-state index contributed by atoms with van der Waals surface area (Å²) in [5.41, 5.74) is -0.703. The molecule has 0 N–H and O–H groups in total. The van der Waals surface area contributed by atoms with Crippen LogP contribution in [0.1, 0.15) is 20.3 Å².